The second-order valence-electron chi connectivity index (χ2n) is 17.7. The van der Waals surface area contributed by atoms with E-state index in [0.717, 1.165) is 66.9 Å². The normalized spacial score (nSPS) is 11.8. The number of thiophene rings is 1. The molecule has 0 atom stereocenters. The van der Waals surface area contributed by atoms with Crippen molar-refractivity contribution < 1.29 is 4.42 Å². The summed E-state index contributed by atoms with van der Waals surface area (Å²) in [5.74, 6) is 0. The standard InChI is InChI=1S/C64H40N2OS/c1-2-14-43-35-46(28-27-41(43)13-1)44-15-11-17-49(36-44)65(50-18-12-16-45(37-50)47-31-34-63-57(38-47)55-22-6-10-26-62(55)68-63)51-39-56(64-58(40-51)54-21-5-9-25-61(54)67-64)42-29-32-48(33-30-42)66-59-23-7-3-19-52(59)53-20-4-8-24-60(53)66/h1-40H. The number of benzene rings is 11. The monoisotopic (exact) mass is 884 g/mol. The Labute approximate surface area is 396 Å². The van der Waals surface area contributed by atoms with E-state index in [-0.39, 0.29) is 0 Å². The number of furan rings is 1. The molecule has 11 aromatic carbocycles. The molecule has 318 valence electrons. The maximum atomic E-state index is 6.83. The van der Waals surface area contributed by atoms with Gasteiger partial charge < -0.3 is 13.9 Å². The van der Waals surface area contributed by atoms with Crippen LogP contribution in [-0.4, -0.2) is 4.57 Å². The van der Waals surface area contributed by atoms with Gasteiger partial charge in [-0.2, -0.15) is 0 Å². The number of anilines is 3. The van der Waals surface area contributed by atoms with E-state index in [9.17, 15) is 0 Å². The zero-order chi connectivity index (χ0) is 44.7. The molecule has 0 amide bonds. The summed E-state index contributed by atoms with van der Waals surface area (Å²) in [6.45, 7) is 0. The lowest BCUT2D eigenvalue weighted by atomic mass is 9.98. The van der Waals surface area contributed by atoms with E-state index in [0.29, 0.717) is 0 Å². The molecule has 14 aromatic rings. The Kier molecular flexibility index (Phi) is 8.76. The van der Waals surface area contributed by atoms with Crippen LogP contribution in [-0.2, 0) is 0 Å². The second kappa shape index (κ2) is 15.5. The van der Waals surface area contributed by atoms with Gasteiger partial charge in [0.15, 0.2) is 0 Å². The molecule has 0 aliphatic rings. The van der Waals surface area contributed by atoms with Crippen LogP contribution < -0.4 is 4.90 Å². The van der Waals surface area contributed by atoms with Crippen LogP contribution in [0.25, 0.3) is 114 Å². The number of hydrogen-bond acceptors (Lipinski definition) is 3. The van der Waals surface area contributed by atoms with Crippen molar-refractivity contribution in [2.24, 2.45) is 0 Å². The third-order valence-electron chi connectivity index (χ3n) is 13.7. The van der Waals surface area contributed by atoms with E-state index in [1.165, 1.54) is 63.9 Å². The van der Waals surface area contributed by atoms with E-state index >= 15 is 0 Å². The molecular weight excluding hydrogens is 845 g/mol. The van der Waals surface area contributed by atoms with Crippen LogP contribution in [0, 0.1) is 0 Å². The minimum Gasteiger partial charge on any atom is -0.455 e. The van der Waals surface area contributed by atoms with Crippen molar-refractivity contribution in [1.82, 2.24) is 4.57 Å². The fourth-order valence-electron chi connectivity index (χ4n) is 10.5. The molecule has 0 saturated carbocycles. The summed E-state index contributed by atoms with van der Waals surface area (Å²) in [4.78, 5) is 2.42. The molecule has 4 heteroatoms. The largest absolute Gasteiger partial charge is 0.455 e. The fourth-order valence-corrected chi connectivity index (χ4v) is 11.6. The van der Waals surface area contributed by atoms with E-state index in [4.69, 9.17) is 4.42 Å². The molecule has 68 heavy (non-hydrogen) atoms. The molecule has 0 radical (unpaired) electrons. The lowest BCUT2D eigenvalue weighted by molar-refractivity contribution is 0.670. The first kappa shape index (κ1) is 38.6. The van der Waals surface area contributed by atoms with Crippen LogP contribution >= 0.6 is 11.3 Å². The number of fused-ring (bicyclic) bond motifs is 10. The Balaban J connectivity index is 0.967. The average Bonchev–Trinajstić information content (AvgIpc) is 4.08. The Hall–Kier alpha value is -8.70. The molecule has 0 saturated heterocycles. The van der Waals surface area contributed by atoms with Crippen LogP contribution in [0.1, 0.15) is 0 Å². The van der Waals surface area contributed by atoms with Crippen molar-refractivity contribution in [3.05, 3.63) is 243 Å². The number of rotatable bonds is 7. The van der Waals surface area contributed by atoms with Crippen molar-refractivity contribution in [2.45, 2.75) is 0 Å². The van der Waals surface area contributed by atoms with Crippen LogP contribution in [0.15, 0.2) is 247 Å². The molecule has 0 N–H and O–H groups in total. The van der Waals surface area contributed by atoms with Gasteiger partial charge >= 0.3 is 0 Å². The quantitative estimate of drug-likeness (QED) is 0.159. The van der Waals surface area contributed by atoms with Crippen LogP contribution in [0.3, 0.4) is 0 Å². The van der Waals surface area contributed by atoms with Gasteiger partial charge in [0.1, 0.15) is 11.2 Å². The molecule has 14 rings (SSSR count). The van der Waals surface area contributed by atoms with Crippen molar-refractivity contribution in [2.75, 3.05) is 4.90 Å². The van der Waals surface area contributed by atoms with Gasteiger partial charge in [-0.15, -0.1) is 11.3 Å². The van der Waals surface area contributed by atoms with Gasteiger partial charge in [0, 0.05) is 70.0 Å². The first-order valence-corrected chi connectivity index (χ1v) is 24.0. The lowest BCUT2D eigenvalue weighted by Crippen LogP contribution is -2.10. The zero-order valence-electron chi connectivity index (χ0n) is 36.8. The number of para-hydroxylation sites is 3. The summed E-state index contributed by atoms with van der Waals surface area (Å²) in [6.07, 6.45) is 0. The predicted molar refractivity (Wildman–Crippen MR) is 289 cm³/mol. The Morgan fingerprint density at radius 1 is 0.338 bits per heavy atom. The third-order valence-corrected chi connectivity index (χ3v) is 14.9. The fraction of sp³-hybridized carbons (Fsp3) is 0. The molecule has 0 fully saturated rings. The van der Waals surface area contributed by atoms with E-state index < -0.39 is 0 Å². The maximum absolute atomic E-state index is 6.83. The van der Waals surface area contributed by atoms with Gasteiger partial charge in [0.05, 0.1) is 11.0 Å². The van der Waals surface area contributed by atoms with Crippen LogP contribution in [0.4, 0.5) is 17.1 Å². The van der Waals surface area contributed by atoms with Crippen LogP contribution in [0.5, 0.6) is 0 Å². The summed E-state index contributed by atoms with van der Waals surface area (Å²) < 4.78 is 11.8. The molecule has 3 heterocycles. The topological polar surface area (TPSA) is 21.3 Å². The smallest absolute Gasteiger partial charge is 0.143 e. The number of nitrogens with zero attached hydrogens (tertiary/aromatic N) is 2. The summed E-state index contributed by atoms with van der Waals surface area (Å²) in [5, 5.41) is 9.70. The zero-order valence-corrected chi connectivity index (χ0v) is 37.6. The van der Waals surface area contributed by atoms with E-state index in [2.05, 4.69) is 252 Å². The molecular formula is C64H40N2OS. The van der Waals surface area contributed by atoms with Gasteiger partial charge in [-0.05, 0) is 130 Å². The van der Waals surface area contributed by atoms with Gasteiger partial charge in [-0.3, -0.25) is 0 Å². The highest BCUT2D eigenvalue weighted by Crippen LogP contribution is 2.46. The third kappa shape index (κ3) is 6.26. The molecule has 3 aromatic heterocycles. The Morgan fingerprint density at radius 2 is 0.912 bits per heavy atom. The highest BCUT2D eigenvalue weighted by Gasteiger charge is 2.21. The summed E-state index contributed by atoms with van der Waals surface area (Å²) >= 11 is 1.85. The maximum Gasteiger partial charge on any atom is 0.143 e. The molecule has 3 nitrogen and oxygen atoms in total. The summed E-state index contributed by atoms with van der Waals surface area (Å²) in [7, 11) is 0. The first-order valence-electron chi connectivity index (χ1n) is 23.1. The number of aromatic nitrogens is 1. The van der Waals surface area contributed by atoms with E-state index in [1.54, 1.807) is 0 Å². The van der Waals surface area contributed by atoms with Crippen LogP contribution in [0.2, 0.25) is 0 Å². The lowest BCUT2D eigenvalue weighted by Gasteiger charge is -2.27. The van der Waals surface area contributed by atoms with Crippen molar-refractivity contribution in [3.8, 4) is 39.1 Å². The van der Waals surface area contributed by atoms with Crippen molar-refractivity contribution in [1.29, 1.82) is 0 Å². The minimum atomic E-state index is 0.867. The molecule has 0 aliphatic carbocycles. The second-order valence-corrected chi connectivity index (χ2v) is 18.8. The average molecular weight is 885 g/mol. The minimum absolute atomic E-state index is 0.867. The number of hydrogen-bond donors (Lipinski definition) is 0. The summed E-state index contributed by atoms with van der Waals surface area (Å²) in [5.41, 5.74) is 15.2. The van der Waals surface area contributed by atoms with Gasteiger partial charge in [-0.1, -0.05) is 152 Å². The predicted octanol–water partition coefficient (Wildman–Crippen LogP) is 18.7. The van der Waals surface area contributed by atoms with Gasteiger partial charge in [0.25, 0.3) is 0 Å². The van der Waals surface area contributed by atoms with Crippen molar-refractivity contribution in [3.63, 3.8) is 0 Å². The SMILES string of the molecule is c1cc(-c2ccc3ccccc3c2)cc(N(c2cccc(-c3ccc4sc5ccccc5c4c3)c2)c2cc(-c3ccc(-n4c5ccccc5c5ccccc54)cc3)c3oc4ccccc4c3c2)c1. The molecule has 0 spiro atoms. The van der Waals surface area contributed by atoms with E-state index in [1.807, 2.05) is 11.3 Å². The highest BCUT2D eigenvalue weighted by molar-refractivity contribution is 7.25. The Morgan fingerprint density at radius 3 is 1.66 bits per heavy atom. The van der Waals surface area contributed by atoms with Crippen molar-refractivity contribution >= 4 is 103 Å². The Bertz CT molecular complexity index is 4230. The van der Waals surface area contributed by atoms with Gasteiger partial charge in [-0.25, -0.2) is 0 Å². The molecule has 0 bridgehead atoms. The highest BCUT2D eigenvalue weighted by atomic mass is 32.1. The summed E-state index contributed by atoms with van der Waals surface area (Å²) in [6, 6.07) is 88.4. The van der Waals surface area contributed by atoms with Gasteiger partial charge in [0.2, 0.25) is 0 Å². The molecule has 0 unspecified atom stereocenters. The first-order chi connectivity index (χ1) is 33.7. The molecule has 0 aliphatic heterocycles.